The number of carbonyl (C=O) groups excluding carboxylic acids is 1. The van der Waals surface area contributed by atoms with E-state index in [-0.39, 0.29) is 19.1 Å². The zero-order valence-corrected chi connectivity index (χ0v) is 10.8. The Hall–Kier alpha value is -1.62. The van der Waals surface area contributed by atoms with E-state index in [1.54, 1.807) is 4.90 Å². The molecule has 0 spiro atoms. The fourth-order valence-corrected chi connectivity index (χ4v) is 2.19. The molecular formula is C14H18FNO3. The van der Waals surface area contributed by atoms with Crippen LogP contribution in [0.2, 0.25) is 0 Å². The third-order valence-electron chi connectivity index (χ3n) is 3.25. The van der Waals surface area contributed by atoms with Gasteiger partial charge in [-0.05, 0) is 37.5 Å². The second kappa shape index (κ2) is 6.52. The lowest BCUT2D eigenvalue weighted by Gasteiger charge is -2.26. The second-order valence-electron chi connectivity index (χ2n) is 4.64. The van der Waals surface area contributed by atoms with E-state index in [1.165, 1.54) is 18.2 Å². The summed E-state index contributed by atoms with van der Waals surface area (Å²) in [5.74, 6) is -0.138. The molecule has 5 heteroatoms. The zero-order valence-electron chi connectivity index (χ0n) is 10.8. The highest BCUT2D eigenvalue weighted by molar-refractivity contribution is 5.77. The number of rotatable bonds is 4. The van der Waals surface area contributed by atoms with E-state index < -0.39 is 5.82 Å². The molecule has 1 aliphatic rings. The predicted octanol–water partition coefficient (Wildman–Crippen LogP) is 1.71. The Labute approximate surface area is 111 Å². The summed E-state index contributed by atoms with van der Waals surface area (Å²) in [6, 6.07) is 3.89. The van der Waals surface area contributed by atoms with E-state index in [0.717, 1.165) is 32.4 Å². The van der Waals surface area contributed by atoms with Crippen molar-refractivity contribution in [3.8, 4) is 5.75 Å². The molecule has 0 aromatic heterocycles. The number of aliphatic hydroxyl groups excluding tert-OH is 1. The largest absolute Gasteiger partial charge is 0.483 e. The van der Waals surface area contributed by atoms with Crippen molar-refractivity contribution in [2.45, 2.75) is 25.9 Å². The first-order valence-corrected chi connectivity index (χ1v) is 6.50. The van der Waals surface area contributed by atoms with Gasteiger partial charge in [-0.15, -0.1) is 0 Å². The van der Waals surface area contributed by atoms with E-state index >= 15 is 0 Å². The maximum atomic E-state index is 13.0. The van der Waals surface area contributed by atoms with Crippen LogP contribution in [0.4, 0.5) is 4.39 Å². The van der Waals surface area contributed by atoms with Crippen molar-refractivity contribution in [2.75, 3.05) is 19.7 Å². The molecule has 1 amide bonds. The lowest BCUT2D eigenvalue weighted by Crippen LogP contribution is -2.38. The molecule has 4 nitrogen and oxygen atoms in total. The van der Waals surface area contributed by atoms with Crippen molar-refractivity contribution in [3.05, 3.63) is 29.6 Å². The molecular weight excluding hydrogens is 249 g/mol. The van der Waals surface area contributed by atoms with Gasteiger partial charge in [-0.1, -0.05) is 0 Å². The highest BCUT2D eigenvalue weighted by Crippen LogP contribution is 2.20. The summed E-state index contributed by atoms with van der Waals surface area (Å²) < 4.78 is 18.4. The zero-order chi connectivity index (χ0) is 13.7. The maximum Gasteiger partial charge on any atom is 0.260 e. The molecule has 1 saturated heterocycles. The minimum absolute atomic E-state index is 0.0621. The Morgan fingerprint density at radius 2 is 2.05 bits per heavy atom. The van der Waals surface area contributed by atoms with Gasteiger partial charge in [-0.25, -0.2) is 4.39 Å². The van der Waals surface area contributed by atoms with Crippen LogP contribution in [0, 0.1) is 5.82 Å². The van der Waals surface area contributed by atoms with E-state index in [2.05, 4.69) is 0 Å². The van der Waals surface area contributed by atoms with Crippen LogP contribution in [0.15, 0.2) is 18.2 Å². The highest BCUT2D eigenvalue weighted by atomic mass is 19.1. The van der Waals surface area contributed by atoms with Gasteiger partial charge in [-0.2, -0.15) is 0 Å². The number of halogens is 1. The van der Waals surface area contributed by atoms with Gasteiger partial charge in [0.1, 0.15) is 11.6 Å². The van der Waals surface area contributed by atoms with E-state index in [0.29, 0.717) is 11.3 Å². The number of aliphatic hydroxyl groups is 1. The van der Waals surface area contributed by atoms with Gasteiger partial charge in [0, 0.05) is 18.7 Å². The summed E-state index contributed by atoms with van der Waals surface area (Å²) in [5, 5.41) is 9.11. The molecule has 0 bridgehead atoms. The molecule has 0 radical (unpaired) electrons. The Kier molecular flexibility index (Phi) is 4.74. The van der Waals surface area contributed by atoms with Gasteiger partial charge in [0.05, 0.1) is 6.61 Å². The minimum atomic E-state index is -0.432. The van der Waals surface area contributed by atoms with Crippen molar-refractivity contribution >= 4 is 5.91 Å². The summed E-state index contributed by atoms with van der Waals surface area (Å²) in [6.07, 6.45) is 3.23. The minimum Gasteiger partial charge on any atom is -0.483 e. The fraction of sp³-hybridized carbons (Fsp3) is 0.500. The van der Waals surface area contributed by atoms with Crippen molar-refractivity contribution in [1.82, 2.24) is 4.90 Å². The Bertz CT molecular complexity index is 444. The number of nitrogens with zero attached hydrogens (tertiary/aromatic N) is 1. The van der Waals surface area contributed by atoms with Crippen LogP contribution in [0.3, 0.4) is 0 Å². The summed E-state index contributed by atoms with van der Waals surface area (Å²) >= 11 is 0. The van der Waals surface area contributed by atoms with Crippen LogP contribution < -0.4 is 4.74 Å². The number of hydrogen-bond donors (Lipinski definition) is 1. The molecule has 1 aromatic carbocycles. The number of ether oxygens (including phenoxy) is 1. The van der Waals surface area contributed by atoms with Crippen LogP contribution in [-0.4, -0.2) is 35.6 Å². The van der Waals surface area contributed by atoms with Gasteiger partial charge in [0.2, 0.25) is 0 Å². The van der Waals surface area contributed by atoms with Crippen molar-refractivity contribution in [3.63, 3.8) is 0 Å². The van der Waals surface area contributed by atoms with Crippen molar-refractivity contribution in [2.24, 2.45) is 0 Å². The molecule has 2 rings (SSSR count). The van der Waals surface area contributed by atoms with Gasteiger partial charge < -0.3 is 14.7 Å². The van der Waals surface area contributed by atoms with Crippen LogP contribution in [-0.2, 0) is 11.4 Å². The lowest BCUT2D eigenvalue weighted by atomic mass is 10.1. The van der Waals surface area contributed by atoms with E-state index in [9.17, 15) is 9.18 Å². The first kappa shape index (κ1) is 13.8. The van der Waals surface area contributed by atoms with Crippen LogP contribution >= 0.6 is 0 Å². The Morgan fingerprint density at radius 3 is 2.74 bits per heavy atom. The molecule has 0 unspecified atom stereocenters. The Balaban J connectivity index is 1.92. The fourth-order valence-electron chi connectivity index (χ4n) is 2.19. The molecule has 19 heavy (non-hydrogen) atoms. The third kappa shape index (κ3) is 3.67. The van der Waals surface area contributed by atoms with Gasteiger partial charge in [-0.3, -0.25) is 4.79 Å². The number of benzene rings is 1. The molecule has 0 aliphatic carbocycles. The van der Waals surface area contributed by atoms with Gasteiger partial charge >= 0.3 is 0 Å². The quantitative estimate of drug-likeness (QED) is 0.903. The number of amides is 1. The number of likely N-dealkylation sites (tertiary alicyclic amines) is 1. The maximum absolute atomic E-state index is 13.0. The Morgan fingerprint density at radius 1 is 1.32 bits per heavy atom. The molecule has 0 saturated carbocycles. The molecule has 1 fully saturated rings. The van der Waals surface area contributed by atoms with E-state index in [4.69, 9.17) is 9.84 Å². The van der Waals surface area contributed by atoms with Gasteiger partial charge in [0.15, 0.2) is 6.61 Å². The first-order valence-electron chi connectivity index (χ1n) is 6.50. The number of piperidine rings is 1. The molecule has 1 aliphatic heterocycles. The molecule has 1 aromatic rings. The highest BCUT2D eigenvalue weighted by Gasteiger charge is 2.17. The summed E-state index contributed by atoms with van der Waals surface area (Å²) in [6.45, 7) is 1.17. The predicted molar refractivity (Wildman–Crippen MR) is 68.2 cm³/mol. The standard InChI is InChI=1S/C14H18FNO3/c15-12-4-5-13(11(8-12)9-17)19-10-14(18)16-6-2-1-3-7-16/h4-5,8,17H,1-3,6-7,9-10H2. The smallest absolute Gasteiger partial charge is 0.260 e. The van der Waals surface area contributed by atoms with E-state index in [1.807, 2.05) is 0 Å². The lowest BCUT2D eigenvalue weighted by molar-refractivity contribution is -0.134. The van der Waals surface area contributed by atoms with Crippen LogP contribution in [0.25, 0.3) is 0 Å². The average Bonchev–Trinajstić information content (AvgIpc) is 2.46. The summed E-state index contributed by atoms with van der Waals surface area (Å²) in [4.78, 5) is 13.7. The third-order valence-corrected chi connectivity index (χ3v) is 3.25. The summed E-state index contributed by atoms with van der Waals surface area (Å²) in [7, 11) is 0. The SMILES string of the molecule is O=C(COc1ccc(F)cc1CO)N1CCCCC1. The van der Waals surface area contributed by atoms with Crippen LogP contribution in [0.1, 0.15) is 24.8 Å². The second-order valence-corrected chi connectivity index (χ2v) is 4.64. The van der Waals surface area contributed by atoms with Crippen molar-refractivity contribution < 1.29 is 19.0 Å². The monoisotopic (exact) mass is 267 g/mol. The normalized spacial score (nSPS) is 15.4. The molecule has 1 heterocycles. The van der Waals surface area contributed by atoms with Gasteiger partial charge in [0.25, 0.3) is 5.91 Å². The molecule has 104 valence electrons. The first-order chi connectivity index (χ1) is 9.20. The number of carbonyl (C=O) groups is 1. The van der Waals surface area contributed by atoms with Crippen LogP contribution in [0.5, 0.6) is 5.75 Å². The molecule has 0 atom stereocenters. The number of hydrogen-bond acceptors (Lipinski definition) is 3. The average molecular weight is 267 g/mol. The summed E-state index contributed by atoms with van der Waals surface area (Å²) in [5.41, 5.74) is 0.353. The molecule has 1 N–H and O–H groups in total. The van der Waals surface area contributed by atoms with Crippen molar-refractivity contribution in [1.29, 1.82) is 0 Å². The topological polar surface area (TPSA) is 49.8 Å².